The molecule has 1 unspecified atom stereocenters. The molecule has 3 aromatic rings. The number of para-hydroxylation sites is 1. The van der Waals surface area contributed by atoms with E-state index in [4.69, 9.17) is 5.84 Å². The first-order valence-corrected chi connectivity index (χ1v) is 5.95. The smallest absolute Gasteiger partial charge is 0.109 e. The van der Waals surface area contributed by atoms with Crippen molar-refractivity contribution in [3.63, 3.8) is 0 Å². The molecule has 0 saturated carbocycles. The normalized spacial score (nSPS) is 12.7. The van der Waals surface area contributed by atoms with Crippen LogP contribution in [-0.2, 0) is 7.05 Å². The lowest BCUT2D eigenvalue weighted by molar-refractivity contribution is 0.592. The molecule has 1 aromatic carbocycles. The van der Waals surface area contributed by atoms with Crippen molar-refractivity contribution in [2.24, 2.45) is 12.9 Å². The minimum Gasteiger partial charge on any atom is -0.270 e. The van der Waals surface area contributed by atoms with Crippen molar-refractivity contribution in [1.82, 2.24) is 25.2 Å². The molecule has 0 radical (unpaired) electrons. The number of benzene rings is 1. The van der Waals surface area contributed by atoms with E-state index < -0.39 is 0 Å². The zero-order chi connectivity index (χ0) is 13.2. The van der Waals surface area contributed by atoms with Gasteiger partial charge in [0.1, 0.15) is 6.04 Å². The predicted molar refractivity (Wildman–Crippen MR) is 71.9 cm³/mol. The molecule has 2 heterocycles. The summed E-state index contributed by atoms with van der Waals surface area (Å²) in [6.07, 6.45) is 4.96. The van der Waals surface area contributed by atoms with Gasteiger partial charge in [0.05, 0.1) is 23.1 Å². The van der Waals surface area contributed by atoms with Gasteiger partial charge in [-0.3, -0.25) is 20.5 Å². The number of fused-ring (bicyclic) bond motifs is 1. The summed E-state index contributed by atoms with van der Waals surface area (Å²) in [6.45, 7) is 0. The topological polar surface area (TPSA) is 81.7 Å². The minimum absolute atomic E-state index is 0.278. The third kappa shape index (κ3) is 1.96. The second-order valence-corrected chi connectivity index (χ2v) is 4.26. The van der Waals surface area contributed by atoms with E-state index in [1.54, 1.807) is 18.6 Å². The Kier molecular flexibility index (Phi) is 2.94. The lowest BCUT2D eigenvalue weighted by Gasteiger charge is -2.12. The third-order valence-corrected chi connectivity index (χ3v) is 3.11. The van der Waals surface area contributed by atoms with Crippen LogP contribution in [-0.4, -0.2) is 19.7 Å². The minimum atomic E-state index is -0.278. The van der Waals surface area contributed by atoms with Gasteiger partial charge in [-0.25, -0.2) is 5.43 Å². The molecular weight excluding hydrogens is 240 g/mol. The first-order valence-electron chi connectivity index (χ1n) is 5.95. The van der Waals surface area contributed by atoms with Crippen molar-refractivity contribution < 1.29 is 0 Å². The van der Waals surface area contributed by atoms with Crippen LogP contribution in [0.2, 0.25) is 0 Å². The maximum Gasteiger partial charge on any atom is 0.109 e. The molecule has 3 rings (SSSR count). The van der Waals surface area contributed by atoms with Crippen LogP contribution in [0.25, 0.3) is 10.9 Å². The summed E-state index contributed by atoms with van der Waals surface area (Å²) >= 11 is 0. The van der Waals surface area contributed by atoms with E-state index in [0.29, 0.717) is 0 Å². The molecule has 0 aliphatic rings. The molecule has 0 amide bonds. The molecule has 6 heteroatoms. The molecule has 0 fully saturated rings. The highest BCUT2D eigenvalue weighted by molar-refractivity contribution is 5.82. The Morgan fingerprint density at radius 3 is 2.84 bits per heavy atom. The third-order valence-electron chi connectivity index (χ3n) is 3.11. The number of nitrogens with zero attached hydrogens (tertiary/aromatic N) is 4. The van der Waals surface area contributed by atoms with Crippen LogP contribution < -0.4 is 11.3 Å². The molecule has 6 nitrogen and oxygen atoms in total. The average Bonchev–Trinajstić information content (AvgIpc) is 2.79. The predicted octanol–water partition coefficient (Wildman–Crippen LogP) is 0.916. The standard InChI is InChI=1S/C13H14N6/c1-19-11-5-3-2-4-9(11)12(18-19)13(17-14)10-8-15-6-7-16-10/h2-8,13,17H,14H2,1H3. The first-order chi connectivity index (χ1) is 9.31. The van der Waals surface area contributed by atoms with Crippen molar-refractivity contribution >= 4 is 10.9 Å². The maximum atomic E-state index is 5.67. The van der Waals surface area contributed by atoms with Gasteiger partial charge in [-0.15, -0.1) is 0 Å². The van der Waals surface area contributed by atoms with Gasteiger partial charge in [0.15, 0.2) is 0 Å². The molecule has 0 spiro atoms. The Hall–Kier alpha value is -2.31. The van der Waals surface area contributed by atoms with E-state index in [0.717, 1.165) is 22.3 Å². The Morgan fingerprint density at radius 1 is 1.26 bits per heavy atom. The zero-order valence-corrected chi connectivity index (χ0v) is 10.5. The Bertz CT molecular complexity index is 691. The van der Waals surface area contributed by atoms with E-state index in [1.807, 2.05) is 36.0 Å². The number of aromatic nitrogens is 4. The largest absolute Gasteiger partial charge is 0.270 e. The average molecular weight is 254 g/mol. The lowest BCUT2D eigenvalue weighted by atomic mass is 10.1. The van der Waals surface area contributed by atoms with Crippen molar-refractivity contribution in [1.29, 1.82) is 0 Å². The molecule has 3 N–H and O–H groups in total. The van der Waals surface area contributed by atoms with Crippen molar-refractivity contribution in [2.75, 3.05) is 0 Å². The van der Waals surface area contributed by atoms with E-state index in [2.05, 4.69) is 20.5 Å². The van der Waals surface area contributed by atoms with Gasteiger partial charge in [0.25, 0.3) is 0 Å². The summed E-state index contributed by atoms with van der Waals surface area (Å²) in [5, 5.41) is 5.60. The Balaban J connectivity index is 2.17. The number of nitrogens with two attached hydrogens (primary N) is 1. The molecular formula is C13H14N6. The highest BCUT2D eigenvalue weighted by Crippen LogP contribution is 2.25. The van der Waals surface area contributed by atoms with E-state index in [-0.39, 0.29) is 6.04 Å². The van der Waals surface area contributed by atoms with Crippen LogP contribution in [0.15, 0.2) is 42.9 Å². The maximum absolute atomic E-state index is 5.67. The molecule has 0 aliphatic carbocycles. The molecule has 0 aliphatic heterocycles. The van der Waals surface area contributed by atoms with Gasteiger partial charge in [-0.1, -0.05) is 18.2 Å². The van der Waals surface area contributed by atoms with Crippen LogP contribution in [0.3, 0.4) is 0 Å². The number of hydrogen-bond donors (Lipinski definition) is 2. The van der Waals surface area contributed by atoms with Gasteiger partial charge >= 0.3 is 0 Å². The Morgan fingerprint density at radius 2 is 2.11 bits per heavy atom. The quantitative estimate of drug-likeness (QED) is 0.536. The number of rotatable bonds is 3. The summed E-state index contributed by atoms with van der Waals surface area (Å²) in [5.41, 5.74) is 5.41. The number of nitrogens with one attached hydrogen (secondary N) is 1. The number of aryl methyl sites for hydroxylation is 1. The number of hydrazine groups is 1. The van der Waals surface area contributed by atoms with Crippen LogP contribution in [0.4, 0.5) is 0 Å². The van der Waals surface area contributed by atoms with Crippen molar-refractivity contribution in [3.05, 3.63) is 54.2 Å². The summed E-state index contributed by atoms with van der Waals surface area (Å²) in [6, 6.07) is 7.74. The second-order valence-electron chi connectivity index (χ2n) is 4.26. The lowest BCUT2D eigenvalue weighted by Crippen LogP contribution is -2.30. The fraction of sp³-hybridized carbons (Fsp3) is 0.154. The Labute approximate surface area is 110 Å². The van der Waals surface area contributed by atoms with Gasteiger partial charge in [-0.05, 0) is 6.07 Å². The highest BCUT2D eigenvalue weighted by atomic mass is 15.3. The second kappa shape index (κ2) is 4.75. The fourth-order valence-corrected chi connectivity index (χ4v) is 2.22. The molecule has 0 saturated heterocycles. The van der Waals surface area contributed by atoms with E-state index in [9.17, 15) is 0 Å². The highest BCUT2D eigenvalue weighted by Gasteiger charge is 2.20. The first kappa shape index (κ1) is 11.8. The summed E-state index contributed by atoms with van der Waals surface area (Å²) in [5.74, 6) is 5.67. The van der Waals surface area contributed by atoms with E-state index >= 15 is 0 Å². The number of hydrogen-bond acceptors (Lipinski definition) is 5. The molecule has 1 atom stereocenters. The summed E-state index contributed by atoms with van der Waals surface area (Å²) < 4.78 is 1.84. The van der Waals surface area contributed by atoms with Gasteiger partial charge in [0, 0.05) is 24.8 Å². The van der Waals surface area contributed by atoms with Crippen LogP contribution in [0.1, 0.15) is 17.4 Å². The monoisotopic (exact) mass is 254 g/mol. The van der Waals surface area contributed by atoms with Gasteiger partial charge in [-0.2, -0.15) is 5.10 Å². The van der Waals surface area contributed by atoms with Crippen LogP contribution >= 0.6 is 0 Å². The van der Waals surface area contributed by atoms with Crippen LogP contribution in [0.5, 0.6) is 0 Å². The zero-order valence-electron chi connectivity index (χ0n) is 10.5. The van der Waals surface area contributed by atoms with Gasteiger partial charge in [0.2, 0.25) is 0 Å². The summed E-state index contributed by atoms with van der Waals surface area (Å²) in [4.78, 5) is 8.36. The van der Waals surface area contributed by atoms with E-state index in [1.165, 1.54) is 0 Å². The fourth-order valence-electron chi connectivity index (χ4n) is 2.22. The van der Waals surface area contributed by atoms with Crippen molar-refractivity contribution in [3.8, 4) is 0 Å². The van der Waals surface area contributed by atoms with Gasteiger partial charge < -0.3 is 0 Å². The SMILES string of the molecule is Cn1nc(C(NN)c2cnccn2)c2ccccc21. The molecule has 96 valence electrons. The molecule has 19 heavy (non-hydrogen) atoms. The summed E-state index contributed by atoms with van der Waals surface area (Å²) in [7, 11) is 1.91. The van der Waals surface area contributed by atoms with Crippen LogP contribution in [0, 0.1) is 0 Å². The molecule has 0 bridgehead atoms. The van der Waals surface area contributed by atoms with Crippen molar-refractivity contribution in [2.45, 2.75) is 6.04 Å². The molecule has 2 aromatic heterocycles.